The predicted octanol–water partition coefficient (Wildman–Crippen LogP) is 2.05. The fraction of sp³-hybridized carbons (Fsp3) is 0.143. The molecule has 0 nitrogen and oxygen atoms in total. The van der Waals surface area contributed by atoms with Crippen LogP contribution in [-0.4, -0.2) is 0 Å². The molecule has 0 fully saturated rings. The Kier molecular flexibility index (Phi) is 2.38. The molecule has 1 aromatic rings. The summed E-state index contributed by atoms with van der Waals surface area (Å²) in [5.41, 5.74) is -0.642. The molecule has 0 spiro atoms. The lowest BCUT2D eigenvalue weighted by atomic mass is 10.2. The van der Waals surface area contributed by atoms with E-state index < -0.39 is 34.1 Å². The average molecular weight is 196 g/mol. The summed E-state index contributed by atoms with van der Waals surface area (Å²) in [7, 11) is 1.61. The Bertz CT molecular complexity index is 230. The Balaban J connectivity index is 3.60. The normalized spacial score (nSPS) is 10.5. The molecule has 0 aliphatic carbocycles. The first kappa shape index (κ1) is 9.46. The van der Waals surface area contributed by atoms with Crippen molar-refractivity contribution < 1.29 is 17.6 Å². The minimum absolute atomic E-state index is 0.642. The maximum Gasteiger partial charge on any atom is 0.169 e. The summed E-state index contributed by atoms with van der Waals surface area (Å²) in [4.78, 5) is 0. The molecule has 1 atom stereocenters. The molecule has 0 bridgehead atoms. The number of benzene rings is 1. The van der Waals surface area contributed by atoms with Crippen LogP contribution in [-0.2, 0) is 0 Å². The van der Waals surface area contributed by atoms with Crippen molar-refractivity contribution in [2.75, 3.05) is 0 Å². The second kappa shape index (κ2) is 3.02. The van der Waals surface area contributed by atoms with E-state index in [1.807, 2.05) is 0 Å². The van der Waals surface area contributed by atoms with Crippen LogP contribution in [0.2, 0.25) is 0 Å². The van der Waals surface area contributed by atoms with Gasteiger partial charge in [-0.05, 0) is 6.92 Å². The van der Waals surface area contributed by atoms with Crippen molar-refractivity contribution in [3.63, 3.8) is 0 Å². The molecule has 0 aliphatic heterocycles. The van der Waals surface area contributed by atoms with E-state index in [0.717, 1.165) is 6.92 Å². The van der Waals surface area contributed by atoms with Gasteiger partial charge in [0.1, 0.15) is 0 Å². The van der Waals surface area contributed by atoms with Crippen LogP contribution >= 0.6 is 9.24 Å². The molecule has 5 heteroatoms. The zero-order valence-electron chi connectivity index (χ0n) is 6.09. The molecule has 0 saturated carbocycles. The van der Waals surface area contributed by atoms with Crippen LogP contribution in [0.25, 0.3) is 0 Å². The van der Waals surface area contributed by atoms with E-state index in [1.54, 1.807) is 9.24 Å². The van der Waals surface area contributed by atoms with Gasteiger partial charge < -0.3 is 0 Å². The van der Waals surface area contributed by atoms with E-state index >= 15 is 0 Å². The quantitative estimate of drug-likeness (QED) is 0.338. The summed E-state index contributed by atoms with van der Waals surface area (Å²) >= 11 is 0. The third-order valence-electron chi connectivity index (χ3n) is 1.52. The van der Waals surface area contributed by atoms with E-state index in [4.69, 9.17) is 0 Å². The molecule has 0 saturated heterocycles. The number of halogens is 4. The molecule has 0 aromatic heterocycles. The summed E-state index contributed by atoms with van der Waals surface area (Å²) in [6.07, 6.45) is 0. The van der Waals surface area contributed by atoms with Crippen LogP contribution in [0.3, 0.4) is 0 Å². The second-order valence-corrected chi connectivity index (χ2v) is 2.87. The van der Waals surface area contributed by atoms with Gasteiger partial charge in [-0.3, -0.25) is 0 Å². The topological polar surface area (TPSA) is 0 Å². The van der Waals surface area contributed by atoms with Crippen LogP contribution in [0.15, 0.2) is 0 Å². The van der Waals surface area contributed by atoms with E-state index in [9.17, 15) is 17.6 Å². The Labute approximate surface area is 68.8 Å². The van der Waals surface area contributed by atoms with Crippen molar-refractivity contribution in [1.29, 1.82) is 0 Å². The third-order valence-corrected chi connectivity index (χ3v) is 2.02. The van der Waals surface area contributed by atoms with Gasteiger partial charge in [0.05, 0.1) is 0 Å². The summed E-state index contributed by atoms with van der Waals surface area (Å²) in [6.45, 7) is 0.973. The molecular formula is C7H5F4P. The van der Waals surface area contributed by atoms with Crippen LogP contribution in [0, 0.1) is 30.2 Å². The minimum Gasteiger partial charge on any atom is -0.203 e. The van der Waals surface area contributed by atoms with Crippen molar-refractivity contribution in [2.24, 2.45) is 0 Å². The minimum atomic E-state index is -1.36. The molecule has 1 unspecified atom stereocenters. The average Bonchev–Trinajstić information content (AvgIpc) is 2.08. The Hall–Kier alpha value is -0.630. The van der Waals surface area contributed by atoms with Gasteiger partial charge in [-0.25, -0.2) is 17.6 Å². The van der Waals surface area contributed by atoms with Gasteiger partial charge in [0.15, 0.2) is 23.3 Å². The fourth-order valence-electron chi connectivity index (χ4n) is 0.758. The van der Waals surface area contributed by atoms with Gasteiger partial charge in [0, 0.05) is 10.9 Å². The van der Waals surface area contributed by atoms with Crippen molar-refractivity contribution in [3.8, 4) is 0 Å². The lowest BCUT2D eigenvalue weighted by molar-refractivity contribution is 0.454. The van der Waals surface area contributed by atoms with Gasteiger partial charge in [0.25, 0.3) is 0 Å². The molecule has 66 valence electrons. The number of rotatable bonds is 0. The fourth-order valence-corrected chi connectivity index (χ4v) is 1.01. The predicted molar refractivity (Wildman–Crippen MR) is 40.4 cm³/mol. The van der Waals surface area contributed by atoms with Crippen molar-refractivity contribution in [3.05, 3.63) is 28.8 Å². The van der Waals surface area contributed by atoms with Gasteiger partial charge in [-0.1, -0.05) is 9.24 Å². The molecule has 1 aromatic carbocycles. The molecule has 0 N–H and O–H groups in total. The van der Waals surface area contributed by atoms with Gasteiger partial charge in [0.2, 0.25) is 0 Å². The van der Waals surface area contributed by atoms with Crippen LogP contribution in [0.1, 0.15) is 5.56 Å². The Morgan fingerprint density at radius 2 is 1.17 bits per heavy atom. The zero-order valence-corrected chi connectivity index (χ0v) is 7.24. The first-order chi connectivity index (χ1) is 5.46. The summed E-state index contributed by atoms with van der Waals surface area (Å²) < 4.78 is 50.5. The summed E-state index contributed by atoms with van der Waals surface area (Å²) in [5.74, 6) is -5.43. The maximum absolute atomic E-state index is 12.6. The van der Waals surface area contributed by atoms with Crippen LogP contribution in [0.4, 0.5) is 17.6 Å². The highest BCUT2D eigenvalue weighted by Gasteiger charge is 2.19. The molecule has 0 radical (unpaired) electrons. The standard InChI is InChI=1S/C7H5F4P/c1-2-3(8)5(10)7(12)6(11)4(2)9/h12H2,1H3. The lowest BCUT2D eigenvalue weighted by Gasteiger charge is -2.04. The van der Waals surface area contributed by atoms with Crippen molar-refractivity contribution in [2.45, 2.75) is 6.92 Å². The van der Waals surface area contributed by atoms with Crippen molar-refractivity contribution in [1.82, 2.24) is 0 Å². The highest BCUT2D eigenvalue weighted by Crippen LogP contribution is 2.17. The SMILES string of the molecule is Cc1c(F)c(F)c(P)c(F)c1F. The molecule has 0 heterocycles. The lowest BCUT2D eigenvalue weighted by Crippen LogP contribution is -2.13. The Morgan fingerprint density at radius 1 is 0.833 bits per heavy atom. The third kappa shape index (κ3) is 1.20. The van der Waals surface area contributed by atoms with E-state index in [-0.39, 0.29) is 0 Å². The maximum atomic E-state index is 12.6. The van der Waals surface area contributed by atoms with E-state index in [0.29, 0.717) is 0 Å². The van der Waals surface area contributed by atoms with E-state index in [2.05, 4.69) is 0 Å². The number of hydrogen-bond donors (Lipinski definition) is 0. The molecular weight excluding hydrogens is 191 g/mol. The van der Waals surface area contributed by atoms with Gasteiger partial charge in [-0.2, -0.15) is 0 Å². The molecule has 1 rings (SSSR count). The molecule has 12 heavy (non-hydrogen) atoms. The van der Waals surface area contributed by atoms with Gasteiger partial charge >= 0.3 is 0 Å². The first-order valence-electron chi connectivity index (χ1n) is 3.04. The zero-order chi connectivity index (χ0) is 9.46. The smallest absolute Gasteiger partial charge is 0.169 e. The summed E-state index contributed by atoms with van der Waals surface area (Å²) in [6, 6.07) is 0. The highest BCUT2D eigenvalue weighted by molar-refractivity contribution is 7.27. The molecule has 0 amide bonds. The van der Waals surface area contributed by atoms with E-state index in [1.165, 1.54) is 0 Å². The number of hydrogen-bond acceptors (Lipinski definition) is 0. The van der Waals surface area contributed by atoms with Crippen LogP contribution in [0.5, 0.6) is 0 Å². The van der Waals surface area contributed by atoms with Crippen LogP contribution < -0.4 is 5.30 Å². The Morgan fingerprint density at radius 3 is 1.50 bits per heavy atom. The largest absolute Gasteiger partial charge is 0.203 e. The second-order valence-electron chi connectivity index (χ2n) is 2.29. The first-order valence-corrected chi connectivity index (χ1v) is 3.62. The monoisotopic (exact) mass is 196 g/mol. The highest BCUT2D eigenvalue weighted by atomic mass is 31.0. The van der Waals surface area contributed by atoms with Crippen molar-refractivity contribution >= 4 is 14.5 Å². The summed E-state index contributed by atoms with van der Waals surface area (Å²) in [5, 5.41) is -0.712. The van der Waals surface area contributed by atoms with Gasteiger partial charge in [-0.15, -0.1) is 0 Å². The molecule has 0 aliphatic rings.